The highest BCUT2D eigenvalue weighted by molar-refractivity contribution is 5.94. The molecule has 1 aliphatic rings. The second-order valence-electron chi connectivity index (χ2n) is 8.12. The summed E-state index contributed by atoms with van der Waals surface area (Å²) in [5.41, 5.74) is 8.06. The Morgan fingerprint density at radius 1 is 1.18 bits per heavy atom. The molecule has 4 rings (SSSR count). The van der Waals surface area contributed by atoms with Crippen LogP contribution in [-0.4, -0.2) is 28.3 Å². The Hall–Kier alpha value is -3.86. The molecular weight excluding hydrogens is 421 g/mol. The normalized spacial score (nSPS) is 13.6. The molecule has 1 fully saturated rings. The second-order valence-corrected chi connectivity index (χ2v) is 8.12. The highest BCUT2D eigenvalue weighted by Crippen LogP contribution is 2.24. The van der Waals surface area contributed by atoms with Crippen LogP contribution in [0.4, 0.5) is 10.2 Å². The van der Waals surface area contributed by atoms with E-state index in [1.54, 1.807) is 24.3 Å². The lowest BCUT2D eigenvalue weighted by molar-refractivity contribution is 0.0953. The molecular formula is C25H26FN5O2. The van der Waals surface area contributed by atoms with Crippen molar-refractivity contribution in [2.75, 3.05) is 12.3 Å². The topological polar surface area (TPSA) is 106 Å². The van der Waals surface area contributed by atoms with Gasteiger partial charge in [-0.2, -0.15) is 10.4 Å². The molecule has 33 heavy (non-hydrogen) atoms. The lowest BCUT2D eigenvalue weighted by Crippen LogP contribution is -2.24. The minimum atomic E-state index is -0.364. The zero-order valence-corrected chi connectivity index (χ0v) is 18.3. The Morgan fingerprint density at radius 3 is 2.55 bits per heavy atom. The minimum absolute atomic E-state index is 0.167. The molecule has 0 bridgehead atoms. The van der Waals surface area contributed by atoms with Crippen LogP contribution in [0.25, 0.3) is 5.69 Å². The molecule has 3 N–H and O–H groups in total. The highest BCUT2D eigenvalue weighted by Gasteiger charge is 2.18. The quantitative estimate of drug-likeness (QED) is 0.505. The van der Waals surface area contributed by atoms with Crippen molar-refractivity contribution >= 4 is 11.7 Å². The SMILES string of the molecule is N#Cc1c(CCCNC(=O)c2ccc(OC3CCCC3)cc2)nn(-c2ccc(F)cc2)c1N. The number of nitrogen functional groups attached to an aromatic ring is 1. The number of nitrogens with two attached hydrogens (primary N) is 1. The first-order valence-corrected chi connectivity index (χ1v) is 11.1. The summed E-state index contributed by atoms with van der Waals surface area (Å²) >= 11 is 0. The van der Waals surface area contributed by atoms with Crippen LogP contribution >= 0.6 is 0 Å². The molecule has 1 amide bonds. The number of rotatable bonds is 8. The average Bonchev–Trinajstić information content (AvgIpc) is 3.45. The summed E-state index contributed by atoms with van der Waals surface area (Å²) in [4.78, 5) is 12.4. The molecule has 7 nitrogen and oxygen atoms in total. The third kappa shape index (κ3) is 5.32. The molecule has 8 heteroatoms. The van der Waals surface area contributed by atoms with Crippen molar-refractivity contribution in [3.63, 3.8) is 0 Å². The van der Waals surface area contributed by atoms with Gasteiger partial charge in [0, 0.05) is 12.1 Å². The maximum Gasteiger partial charge on any atom is 0.251 e. The fraction of sp³-hybridized carbons (Fsp3) is 0.320. The van der Waals surface area contributed by atoms with Crippen LogP contribution in [0.2, 0.25) is 0 Å². The lowest BCUT2D eigenvalue weighted by Gasteiger charge is -2.13. The zero-order valence-electron chi connectivity index (χ0n) is 18.3. The first-order valence-electron chi connectivity index (χ1n) is 11.1. The summed E-state index contributed by atoms with van der Waals surface area (Å²) < 4.78 is 20.6. The van der Waals surface area contributed by atoms with Crippen molar-refractivity contribution in [1.82, 2.24) is 15.1 Å². The van der Waals surface area contributed by atoms with Gasteiger partial charge in [0.2, 0.25) is 0 Å². The summed E-state index contributed by atoms with van der Waals surface area (Å²) in [6, 6.07) is 15.0. The van der Waals surface area contributed by atoms with E-state index in [0.29, 0.717) is 41.9 Å². The van der Waals surface area contributed by atoms with Crippen LogP contribution < -0.4 is 15.8 Å². The number of ether oxygens (including phenoxy) is 1. The molecule has 0 radical (unpaired) electrons. The summed E-state index contributed by atoms with van der Waals surface area (Å²) in [5.74, 6) is 0.469. The van der Waals surface area contributed by atoms with Crippen LogP contribution in [0.15, 0.2) is 48.5 Å². The van der Waals surface area contributed by atoms with Crippen LogP contribution in [0, 0.1) is 17.1 Å². The monoisotopic (exact) mass is 447 g/mol. The molecule has 170 valence electrons. The van der Waals surface area contributed by atoms with E-state index in [-0.39, 0.29) is 23.6 Å². The average molecular weight is 448 g/mol. The summed E-state index contributed by atoms with van der Waals surface area (Å²) in [7, 11) is 0. The highest BCUT2D eigenvalue weighted by atomic mass is 19.1. The molecule has 0 atom stereocenters. The van der Waals surface area contributed by atoms with E-state index >= 15 is 0 Å². The molecule has 0 saturated heterocycles. The standard InChI is InChI=1S/C25H26FN5O2/c26-18-9-11-19(12-10-18)31-24(28)22(16-27)23(30-31)6-3-15-29-25(32)17-7-13-21(14-8-17)33-20-4-1-2-5-20/h7-14,20H,1-6,15,28H2,(H,29,32). The molecule has 1 heterocycles. The molecule has 1 saturated carbocycles. The first kappa shape index (κ1) is 22.3. The smallest absolute Gasteiger partial charge is 0.251 e. The molecule has 2 aromatic carbocycles. The van der Waals surface area contributed by atoms with Crippen molar-refractivity contribution in [3.8, 4) is 17.5 Å². The number of hydrogen-bond acceptors (Lipinski definition) is 5. The third-order valence-corrected chi connectivity index (χ3v) is 5.77. The number of aryl methyl sites for hydroxylation is 1. The van der Waals surface area contributed by atoms with Crippen LogP contribution in [0.5, 0.6) is 5.75 Å². The zero-order chi connectivity index (χ0) is 23.2. The number of carbonyl (C=O) groups excluding carboxylic acids is 1. The Bertz CT molecular complexity index is 1140. The Morgan fingerprint density at radius 2 is 1.88 bits per heavy atom. The van der Waals surface area contributed by atoms with Gasteiger partial charge in [-0.15, -0.1) is 0 Å². The van der Waals surface area contributed by atoms with E-state index in [4.69, 9.17) is 10.5 Å². The van der Waals surface area contributed by atoms with Crippen molar-refractivity contribution in [2.24, 2.45) is 0 Å². The predicted molar refractivity (Wildman–Crippen MR) is 123 cm³/mol. The summed E-state index contributed by atoms with van der Waals surface area (Å²) in [6.45, 7) is 0.424. The number of halogens is 1. The predicted octanol–water partition coefficient (Wildman–Crippen LogP) is 4.15. The van der Waals surface area contributed by atoms with Gasteiger partial charge in [-0.1, -0.05) is 0 Å². The van der Waals surface area contributed by atoms with Gasteiger partial charge in [-0.3, -0.25) is 4.79 Å². The number of benzene rings is 2. The second kappa shape index (κ2) is 10.2. The van der Waals surface area contributed by atoms with E-state index in [9.17, 15) is 14.4 Å². The Kier molecular flexibility index (Phi) is 6.89. The fourth-order valence-corrected chi connectivity index (χ4v) is 4.00. The number of nitrogens with zero attached hydrogens (tertiary/aromatic N) is 3. The number of hydrogen-bond donors (Lipinski definition) is 2. The molecule has 0 unspecified atom stereocenters. The van der Waals surface area contributed by atoms with Gasteiger partial charge in [-0.05, 0) is 87.1 Å². The van der Waals surface area contributed by atoms with Gasteiger partial charge in [0.05, 0.1) is 17.5 Å². The summed E-state index contributed by atoms with van der Waals surface area (Å²) in [6.07, 6.45) is 5.93. The van der Waals surface area contributed by atoms with Crippen molar-refractivity contribution in [1.29, 1.82) is 5.26 Å². The molecule has 1 aromatic heterocycles. The number of nitriles is 1. The molecule has 1 aliphatic carbocycles. The van der Waals surface area contributed by atoms with Gasteiger partial charge in [-0.25, -0.2) is 9.07 Å². The summed E-state index contributed by atoms with van der Waals surface area (Å²) in [5, 5.41) is 16.8. The first-order chi connectivity index (χ1) is 16.0. The third-order valence-electron chi connectivity index (χ3n) is 5.77. The van der Waals surface area contributed by atoms with Crippen LogP contribution in [-0.2, 0) is 6.42 Å². The Labute approximate surface area is 192 Å². The van der Waals surface area contributed by atoms with Crippen molar-refractivity contribution in [3.05, 3.63) is 71.2 Å². The molecule has 0 spiro atoms. The van der Waals surface area contributed by atoms with Crippen LogP contribution in [0.3, 0.4) is 0 Å². The number of aromatic nitrogens is 2. The van der Waals surface area contributed by atoms with Gasteiger partial charge in [0.25, 0.3) is 5.91 Å². The van der Waals surface area contributed by atoms with Gasteiger partial charge in [0.15, 0.2) is 0 Å². The maximum atomic E-state index is 13.2. The van der Waals surface area contributed by atoms with Gasteiger partial charge >= 0.3 is 0 Å². The van der Waals surface area contributed by atoms with E-state index in [1.165, 1.54) is 29.7 Å². The minimum Gasteiger partial charge on any atom is -0.490 e. The van der Waals surface area contributed by atoms with Gasteiger partial charge in [0.1, 0.15) is 29.0 Å². The maximum absolute atomic E-state index is 13.2. The van der Waals surface area contributed by atoms with E-state index in [2.05, 4.69) is 16.5 Å². The fourth-order valence-electron chi connectivity index (χ4n) is 4.00. The number of amides is 1. The molecule has 0 aliphatic heterocycles. The lowest BCUT2D eigenvalue weighted by atomic mass is 10.1. The van der Waals surface area contributed by atoms with E-state index in [1.807, 2.05) is 12.1 Å². The van der Waals surface area contributed by atoms with Crippen molar-refractivity contribution < 1.29 is 13.9 Å². The Balaban J connectivity index is 1.30. The van der Waals surface area contributed by atoms with E-state index in [0.717, 1.165) is 18.6 Å². The van der Waals surface area contributed by atoms with Crippen molar-refractivity contribution in [2.45, 2.75) is 44.6 Å². The van der Waals surface area contributed by atoms with Gasteiger partial charge < -0.3 is 15.8 Å². The van der Waals surface area contributed by atoms with Crippen LogP contribution in [0.1, 0.15) is 53.7 Å². The van der Waals surface area contributed by atoms with E-state index < -0.39 is 0 Å². The molecule has 3 aromatic rings. The number of nitrogens with one attached hydrogen (secondary N) is 1. The largest absolute Gasteiger partial charge is 0.490 e. The number of carbonyl (C=O) groups is 1. The number of anilines is 1.